The van der Waals surface area contributed by atoms with Gasteiger partial charge in [-0.15, -0.1) is 0 Å². The number of likely N-dealkylation sites (tertiary alicyclic amines) is 1. The van der Waals surface area contributed by atoms with Crippen LogP contribution in [0.25, 0.3) is 0 Å². The van der Waals surface area contributed by atoms with Gasteiger partial charge in [0.2, 0.25) is 0 Å². The van der Waals surface area contributed by atoms with E-state index in [1.165, 1.54) is 0 Å². The second-order valence-electron chi connectivity index (χ2n) is 4.59. The molecule has 2 nitrogen and oxygen atoms in total. The molecule has 0 aromatic heterocycles. The van der Waals surface area contributed by atoms with Crippen molar-refractivity contribution in [3.05, 3.63) is 0 Å². The first-order valence-corrected chi connectivity index (χ1v) is 4.79. The van der Waals surface area contributed by atoms with E-state index in [1.807, 2.05) is 13.8 Å². The fourth-order valence-electron chi connectivity index (χ4n) is 2.22. The van der Waals surface area contributed by atoms with Crippen LogP contribution in [0.4, 0.5) is 8.78 Å². The molecule has 1 spiro atoms. The van der Waals surface area contributed by atoms with Crippen LogP contribution in [0.2, 0.25) is 0 Å². The third-order valence-electron chi connectivity index (χ3n) is 3.33. The van der Waals surface area contributed by atoms with Crippen LogP contribution in [0.15, 0.2) is 0 Å². The van der Waals surface area contributed by atoms with Crippen molar-refractivity contribution in [3.63, 3.8) is 0 Å². The molecule has 0 radical (unpaired) electrons. The highest BCUT2D eigenvalue weighted by Gasteiger charge is 2.63. The van der Waals surface area contributed by atoms with Crippen LogP contribution >= 0.6 is 0 Å². The summed E-state index contributed by atoms with van der Waals surface area (Å²) >= 11 is 0. The van der Waals surface area contributed by atoms with Gasteiger partial charge in [-0.25, -0.2) is 8.78 Å². The number of alkyl halides is 2. The zero-order valence-electron chi connectivity index (χ0n) is 8.11. The Morgan fingerprint density at radius 3 is 2.23 bits per heavy atom. The largest absolute Gasteiger partial charge is 0.310 e. The average molecular weight is 190 g/mol. The van der Waals surface area contributed by atoms with E-state index in [0.717, 1.165) is 0 Å². The van der Waals surface area contributed by atoms with Gasteiger partial charge in [0, 0.05) is 25.7 Å². The predicted molar refractivity (Wildman–Crippen MR) is 47.0 cm³/mol. The molecule has 0 bridgehead atoms. The summed E-state index contributed by atoms with van der Waals surface area (Å²) in [7, 11) is 0. The van der Waals surface area contributed by atoms with Crippen LogP contribution in [-0.4, -0.2) is 43.0 Å². The monoisotopic (exact) mass is 190 g/mol. The van der Waals surface area contributed by atoms with Crippen LogP contribution in [-0.2, 0) is 0 Å². The molecule has 0 atom stereocenters. The molecule has 4 heteroatoms. The zero-order chi connectivity index (χ0) is 9.69. The maximum Gasteiger partial charge on any atom is 0.269 e. The maximum atomic E-state index is 13.4. The first-order valence-electron chi connectivity index (χ1n) is 4.79. The summed E-state index contributed by atoms with van der Waals surface area (Å²) in [5.41, 5.74) is -0.753. The number of nitrogens with zero attached hydrogens (tertiary/aromatic N) is 1. The van der Waals surface area contributed by atoms with Crippen LogP contribution in [0.1, 0.15) is 13.8 Å². The quantitative estimate of drug-likeness (QED) is 0.662. The van der Waals surface area contributed by atoms with Crippen LogP contribution in [0, 0.1) is 5.41 Å². The van der Waals surface area contributed by atoms with E-state index < -0.39 is 11.3 Å². The van der Waals surface area contributed by atoms with Gasteiger partial charge in [-0.1, -0.05) is 0 Å². The van der Waals surface area contributed by atoms with Crippen molar-refractivity contribution in [1.82, 2.24) is 10.2 Å². The standard InChI is InChI=1S/C9H16F2N2/c1-7(2)13-5-8(6-13)3-12-4-9(8,10)11/h7,12H,3-6H2,1-2H3. The van der Waals surface area contributed by atoms with Gasteiger partial charge in [0.1, 0.15) is 0 Å². The van der Waals surface area contributed by atoms with Crippen LogP contribution < -0.4 is 5.32 Å². The highest BCUT2D eigenvalue weighted by molar-refractivity contribution is 5.10. The molecule has 0 unspecified atom stereocenters. The van der Waals surface area contributed by atoms with Gasteiger partial charge < -0.3 is 5.32 Å². The number of rotatable bonds is 1. The summed E-state index contributed by atoms with van der Waals surface area (Å²) in [6.45, 7) is 5.53. The van der Waals surface area contributed by atoms with Crippen LogP contribution in [0.3, 0.4) is 0 Å². The highest BCUT2D eigenvalue weighted by Crippen LogP contribution is 2.47. The molecular formula is C9H16F2N2. The van der Waals surface area contributed by atoms with E-state index in [0.29, 0.717) is 25.7 Å². The van der Waals surface area contributed by atoms with Crippen molar-refractivity contribution in [1.29, 1.82) is 0 Å². The molecule has 2 heterocycles. The predicted octanol–water partition coefficient (Wildman–Crippen LogP) is 0.935. The molecule has 2 fully saturated rings. The van der Waals surface area contributed by atoms with E-state index in [2.05, 4.69) is 10.2 Å². The van der Waals surface area contributed by atoms with Gasteiger partial charge in [-0.3, -0.25) is 4.90 Å². The summed E-state index contributed by atoms with van der Waals surface area (Å²) < 4.78 is 26.8. The number of hydrogen-bond acceptors (Lipinski definition) is 2. The number of halogens is 2. The molecule has 0 aromatic carbocycles. The second-order valence-corrected chi connectivity index (χ2v) is 4.59. The Kier molecular flexibility index (Phi) is 1.90. The smallest absolute Gasteiger partial charge is 0.269 e. The Labute approximate surface area is 77.3 Å². The van der Waals surface area contributed by atoms with E-state index in [1.54, 1.807) is 0 Å². The highest BCUT2D eigenvalue weighted by atomic mass is 19.3. The molecular weight excluding hydrogens is 174 g/mol. The molecule has 0 saturated carbocycles. The summed E-state index contributed by atoms with van der Waals surface area (Å²) in [6.07, 6.45) is 0. The first kappa shape index (κ1) is 9.34. The third kappa shape index (κ3) is 1.19. The fourth-order valence-corrected chi connectivity index (χ4v) is 2.22. The third-order valence-corrected chi connectivity index (χ3v) is 3.33. The zero-order valence-corrected chi connectivity index (χ0v) is 8.11. The maximum absolute atomic E-state index is 13.4. The Morgan fingerprint density at radius 1 is 1.23 bits per heavy atom. The minimum absolute atomic E-state index is 0.140. The summed E-state index contributed by atoms with van der Waals surface area (Å²) in [4.78, 5) is 2.10. The van der Waals surface area contributed by atoms with Crippen molar-refractivity contribution in [2.75, 3.05) is 26.2 Å². The Morgan fingerprint density at radius 2 is 1.85 bits per heavy atom. The molecule has 0 aromatic rings. The molecule has 1 N–H and O–H groups in total. The average Bonchev–Trinajstić information content (AvgIpc) is 2.20. The van der Waals surface area contributed by atoms with Gasteiger partial charge in [0.05, 0.1) is 12.0 Å². The molecule has 2 aliphatic rings. The van der Waals surface area contributed by atoms with Crippen molar-refractivity contribution in [2.45, 2.75) is 25.8 Å². The van der Waals surface area contributed by atoms with Crippen molar-refractivity contribution >= 4 is 0 Å². The first-order chi connectivity index (χ1) is 5.97. The molecule has 0 amide bonds. The van der Waals surface area contributed by atoms with Crippen LogP contribution in [0.5, 0.6) is 0 Å². The van der Waals surface area contributed by atoms with E-state index in [-0.39, 0.29) is 6.54 Å². The van der Waals surface area contributed by atoms with E-state index >= 15 is 0 Å². The lowest BCUT2D eigenvalue weighted by atomic mass is 9.75. The van der Waals surface area contributed by atoms with E-state index in [4.69, 9.17) is 0 Å². The molecule has 13 heavy (non-hydrogen) atoms. The van der Waals surface area contributed by atoms with Crippen molar-refractivity contribution in [2.24, 2.45) is 5.41 Å². The molecule has 76 valence electrons. The Hall–Kier alpha value is -0.220. The molecule has 0 aliphatic carbocycles. The van der Waals surface area contributed by atoms with Gasteiger partial charge in [0.15, 0.2) is 0 Å². The normalized spacial score (nSPS) is 31.2. The van der Waals surface area contributed by atoms with E-state index in [9.17, 15) is 8.78 Å². The minimum atomic E-state index is -2.50. The molecule has 2 rings (SSSR count). The lowest BCUT2D eigenvalue weighted by Crippen LogP contribution is -2.65. The second kappa shape index (κ2) is 2.64. The number of nitrogens with one attached hydrogen (secondary N) is 1. The summed E-state index contributed by atoms with van der Waals surface area (Å²) in [6, 6.07) is 0.391. The van der Waals surface area contributed by atoms with Gasteiger partial charge in [-0.2, -0.15) is 0 Å². The van der Waals surface area contributed by atoms with Crippen molar-refractivity contribution in [3.8, 4) is 0 Å². The van der Waals surface area contributed by atoms with Gasteiger partial charge in [-0.05, 0) is 13.8 Å². The minimum Gasteiger partial charge on any atom is -0.310 e. The lowest BCUT2D eigenvalue weighted by molar-refractivity contribution is -0.163. The summed E-state index contributed by atoms with van der Waals surface area (Å²) in [5, 5.41) is 2.79. The summed E-state index contributed by atoms with van der Waals surface area (Å²) in [5.74, 6) is -2.50. The Balaban J connectivity index is 2.03. The lowest BCUT2D eigenvalue weighted by Gasteiger charge is -2.52. The number of hydrogen-bond donors (Lipinski definition) is 1. The fraction of sp³-hybridized carbons (Fsp3) is 1.00. The van der Waals surface area contributed by atoms with Gasteiger partial charge in [0.25, 0.3) is 5.92 Å². The van der Waals surface area contributed by atoms with Crippen molar-refractivity contribution < 1.29 is 8.78 Å². The Bertz CT molecular complexity index is 210. The topological polar surface area (TPSA) is 15.3 Å². The molecule has 2 saturated heterocycles. The molecule has 2 aliphatic heterocycles. The van der Waals surface area contributed by atoms with Gasteiger partial charge >= 0.3 is 0 Å². The SMILES string of the molecule is CC(C)N1CC2(CNCC2(F)F)C1.